The standard InChI is InChI=1S/C11H12N4O3S/c1-7(16)8-3-4-10(9(5-8)15(17)18)19-11-13-12-6-14(11)2/h3-7,16H,1-2H3/t7-/m1/s1. The van der Waals surface area contributed by atoms with E-state index >= 15 is 0 Å². The maximum Gasteiger partial charge on any atom is 0.283 e. The van der Waals surface area contributed by atoms with E-state index in [0.29, 0.717) is 15.6 Å². The van der Waals surface area contributed by atoms with Gasteiger partial charge in [0, 0.05) is 13.1 Å². The molecule has 8 heteroatoms. The molecule has 0 fully saturated rings. The highest BCUT2D eigenvalue weighted by Gasteiger charge is 2.18. The molecule has 1 aromatic carbocycles. The summed E-state index contributed by atoms with van der Waals surface area (Å²) < 4.78 is 1.68. The quantitative estimate of drug-likeness (QED) is 0.679. The number of aromatic nitrogens is 3. The highest BCUT2D eigenvalue weighted by atomic mass is 32.2. The number of nitro benzene ring substituents is 1. The number of aryl methyl sites for hydroxylation is 1. The zero-order chi connectivity index (χ0) is 14.0. The summed E-state index contributed by atoms with van der Waals surface area (Å²) in [6.07, 6.45) is 0.783. The summed E-state index contributed by atoms with van der Waals surface area (Å²) in [7, 11) is 1.76. The molecule has 2 aromatic rings. The largest absolute Gasteiger partial charge is 0.389 e. The lowest BCUT2D eigenvalue weighted by molar-refractivity contribution is -0.387. The van der Waals surface area contributed by atoms with E-state index < -0.39 is 11.0 Å². The Bertz CT molecular complexity index is 612. The van der Waals surface area contributed by atoms with Gasteiger partial charge in [-0.15, -0.1) is 10.2 Å². The lowest BCUT2D eigenvalue weighted by atomic mass is 10.1. The van der Waals surface area contributed by atoms with Crippen molar-refractivity contribution < 1.29 is 10.0 Å². The first-order valence-corrected chi connectivity index (χ1v) is 6.29. The molecule has 0 aliphatic rings. The topological polar surface area (TPSA) is 94.1 Å². The molecule has 7 nitrogen and oxygen atoms in total. The van der Waals surface area contributed by atoms with E-state index in [2.05, 4.69) is 10.2 Å². The Morgan fingerprint density at radius 3 is 2.79 bits per heavy atom. The molecule has 19 heavy (non-hydrogen) atoms. The van der Waals surface area contributed by atoms with Crippen LogP contribution in [0.2, 0.25) is 0 Å². The number of benzene rings is 1. The average Bonchev–Trinajstić information content (AvgIpc) is 2.75. The zero-order valence-electron chi connectivity index (χ0n) is 10.3. The predicted octanol–water partition coefficient (Wildman–Crippen LogP) is 1.93. The Kier molecular flexibility index (Phi) is 3.82. The van der Waals surface area contributed by atoms with Gasteiger partial charge in [0.15, 0.2) is 5.16 Å². The summed E-state index contributed by atoms with van der Waals surface area (Å²) in [4.78, 5) is 11.1. The van der Waals surface area contributed by atoms with Gasteiger partial charge in [0.1, 0.15) is 6.33 Å². The molecule has 0 saturated carbocycles. The minimum absolute atomic E-state index is 0.0496. The Labute approximate surface area is 113 Å². The van der Waals surface area contributed by atoms with Gasteiger partial charge in [-0.05, 0) is 30.3 Å². The van der Waals surface area contributed by atoms with Crippen molar-refractivity contribution in [3.05, 3.63) is 40.2 Å². The van der Waals surface area contributed by atoms with Crippen LogP contribution in [0.5, 0.6) is 0 Å². The predicted molar refractivity (Wildman–Crippen MR) is 68.9 cm³/mol. The van der Waals surface area contributed by atoms with Crippen LogP contribution in [0, 0.1) is 10.1 Å². The Balaban J connectivity index is 2.40. The molecular weight excluding hydrogens is 268 g/mol. The summed E-state index contributed by atoms with van der Waals surface area (Å²) >= 11 is 1.16. The van der Waals surface area contributed by atoms with Gasteiger partial charge in [0.25, 0.3) is 5.69 Å². The molecule has 1 aromatic heterocycles. The van der Waals surface area contributed by atoms with Crippen LogP contribution in [0.25, 0.3) is 0 Å². The number of nitro groups is 1. The molecule has 100 valence electrons. The number of aliphatic hydroxyl groups excluding tert-OH is 1. The Morgan fingerprint density at radius 2 is 2.26 bits per heavy atom. The maximum absolute atomic E-state index is 11.1. The van der Waals surface area contributed by atoms with Gasteiger partial charge >= 0.3 is 0 Å². The van der Waals surface area contributed by atoms with Crippen molar-refractivity contribution in [3.63, 3.8) is 0 Å². The Morgan fingerprint density at radius 1 is 1.53 bits per heavy atom. The average molecular weight is 280 g/mol. The molecule has 1 atom stereocenters. The molecule has 0 saturated heterocycles. The summed E-state index contributed by atoms with van der Waals surface area (Å²) in [5.74, 6) is 0. The zero-order valence-corrected chi connectivity index (χ0v) is 11.2. The summed E-state index contributed by atoms with van der Waals surface area (Å²) in [6, 6.07) is 4.65. The van der Waals surface area contributed by atoms with Crippen LogP contribution in [-0.2, 0) is 7.05 Å². The van der Waals surface area contributed by atoms with Gasteiger partial charge in [-0.1, -0.05) is 6.07 Å². The molecule has 0 unspecified atom stereocenters. The Hall–Kier alpha value is -1.93. The van der Waals surface area contributed by atoms with Crippen molar-refractivity contribution in [1.82, 2.24) is 14.8 Å². The molecule has 2 rings (SSSR count). The fourth-order valence-electron chi connectivity index (χ4n) is 1.49. The molecule has 0 amide bonds. The number of rotatable bonds is 4. The first-order valence-electron chi connectivity index (χ1n) is 5.47. The minimum Gasteiger partial charge on any atom is -0.389 e. The van der Waals surface area contributed by atoms with E-state index in [-0.39, 0.29) is 5.69 Å². The first kappa shape index (κ1) is 13.5. The second kappa shape index (κ2) is 5.37. The second-order valence-electron chi connectivity index (χ2n) is 3.99. The van der Waals surface area contributed by atoms with Crippen molar-refractivity contribution in [2.75, 3.05) is 0 Å². The van der Waals surface area contributed by atoms with Gasteiger partial charge in [-0.2, -0.15) is 0 Å². The molecule has 1 N–H and O–H groups in total. The molecule has 1 heterocycles. The van der Waals surface area contributed by atoms with Crippen molar-refractivity contribution in [2.24, 2.45) is 7.05 Å². The van der Waals surface area contributed by atoms with Crippen LogP contribution < -0.4 is 0 Å². The molecular formula is C11H12N4O3S. The van der Waals surface area contributed by atoms with Crippen molar-refractivity contribution in [3.8, 4) is 0 Å². The van der Waals surface area contributed by atoms with E-state index in [1.165, 1.54) is 12.4 Å². The van der Waals surface area contributed by atoms with Crippen LogP contribution in [-0.4, -0.2) is 24.8 Å². The van der Waals surface area contributed by atoms with Crippen LogP contribution in [0.4, 0.5) is 5.69 Å². The molecule has 0 bridgehead atoms. The smallest absolute Gasteiger partial charge is 0.283 e. The molecule has 0 radical (unpaired) electrons. The van der Waals surface area contributed by atoms with E-state index in [1.807, 2.05) is 0 Å². The van der Waals surface area contributed by atoms with Gasteiger partial charge in [-0.25, -0.2) is 0 Å². The van der Waals surface area contributed by atoms with Gasteiger partial charge in [0.2, 0.25) is 0 Å². The third kappa shape index (κ3) is 2.91. The third-order valence-electron chi connectivity index (χ3n) is 2.53. The number of nitrogens with zero attached hydrogens (tertiary/aromatic N) is 4. The lowest BCUT2D eigenvalue weighted by Gasteiger charge is -2.07. The maximum atomic E-state index is 11.1. The van der Waals surface area contributed by atoms with E-state index in [0.717, 1.165) is 11.8 Å². The third-order valence-corrected chi connectivity index (χ3v) is 3.65. The second-order valence-corrected chi connectivity index (χ2v) is 5.00. The molecule has 0 spiro atoms. The highest BCUT2D eigenvalue weighted by Crippen LogP contribution is 2.35. The lowest BCUT2D eigenvalue weighted by Crippen LogP contribution is -1.97. The van der Waals surface area contributed by atoms with Crippen molar-refractivity contribution in [1.29, 1.82) is 0 Å². The number of hydrogen-bond donors (Lipinski definition) is 1. The SMILES string of the molecule is C[C@@H](O)c1ccc(Sc2nncn2C)c([N+](=O)[O-])c1. The molecule has 0 aliphatic carbocycles. The normalized spacial score (nSPS) is 12.4. The number of aliphatic hydroxyl groups is 1. The summed E-state index contributed by atoms with van der Waals surface area (Å²) in [5, 5.41) is 28.7. The first-order chi connectivity index (χ1) is 8.99. The van der Waals surface area contributed by atoms with E-state index in [4.69, 9.17) is 0 Å². The summed E-state index contributed by atoms with van der Waals surface area (Å²) in [5.41, 5.74) is 0.459. The van der Waals surface area contributed by atoms with Crippen LogP contribution in [0.3, 0.4) is 0 Å². The van der Waals surface area contributed by atoms with Gasteiger partial charge < -0.3 is 9.67 Å². The highest BCUT2D eigenvalue weighted by molar-refractivity contribution is 7.99. The van der Waals surface area contributed by atoms with E-state index in [1.54, 1.807) is 30.7 Å². The van der Waals surface area contributed by atoms with Crippen molar-refractivity contribution >= 4 is 17.4 Å². The summed E-state index contributed by atoms with van der Waals surface area (Å²) in [6.45, 7) is 1.56. The van der Waals surface area contributed by atoms with Crippen molar-refractivity contribution in [2.45, 2.75) is 23.1 Å². The monoisotopic (exact) mass is 280 g/mol. The van der Waals surface area contributed by atoms with Crippen LogP contribution in [0.1, 0.15) is 18.6 Å². The molecule has 0 aliphatic heterocycles. The fraction of sp³-hybridized carbons (Fsp3) is 0.273. The number of hydrogen-bond acceptors (Lipinski definition) is 6. The van der Waals surface area contributed by atoms with E-state index in [9.17, 15) is 15.2 Å². The van der Waals surface area contributed by atoms with Crippen LogP contribution >= 0.6 is 11.8 Å². The fourth-order valence-corrected chi connectivity index (χ4v) is 2.34. The van der Waals surface area contributed by atoms with Gasteiger partial charge in [0.05, 0.1) is 15.9 Å². The van der Waals surface area contributed by atoms with Crippen LogP contribution in [0.15, 0.2) is 34.6 Å². The van der Waals surface area contributed by atoms with Gasteiger partial charge in [-0.3, -0.25) is 10.1 Å². The minimum atomic E-state index is -0.743.